The molecule has 0 fully saturated rings. The Morgan fingerprint density at radius 2 is 2.07 bits per heavy atom. The first kappa shape index (κ1) is 19.1. The highest BCUT2D eigenvalue weighted by Gasteiger charge is 2.40. The van der Waals surface area contributed by atoms with Crippen molar-refractivity contribution in [1.82, 2.24) is 9.55 Å². The zero-order valence-corrected chi connectivity index (χ0v) is 16.2. The van der Waals surface area contributed by atoms with Crippen molar-refractivity contribution >= 4 is 34.5 Å². The summed E-state index contributed by atoms with van der Waals surface area (Å²) in [6, 6.07) is 11.3. The van der Waals surface area contributed by atoms with Crippen molar-refractivity contribution in [3.8, 4) is 0 Å². The third-order valence-corrected chi connectivity index (χ3v) is 4.98. The molecular weight excluding hydrogens is 375 g/mol. The van der Waals surface area contributed by atoms with Crippen LogP contribution >= 0.6 is 0 Å². The quantitative estimate of drug-likeness (QED) is 0.695. The highest BCUT2D eigenvalue weighted by Crippen LogP contribution is 2.36. The molecule has 0 saturated heterocycles. The largest absolute Gasteiger partial charge is 0.383 e. The van der Waals surface area contributed by atoms with E-state index in [0.29, 0.717) is 19.1 Å². The summed E-state index contributed by atoms with van der Waals surface area (Å²) < 4.78 is 21.0. The fraction of sp³-hybridized carbons (Fsp3) is 0.286. The summed E-state index contributed by atoms with van der Waals surface area (Å²) in [4.78, 5) is 31.8. The number of nitrogens with zero attached hydrogens (tertiary/aromatic N) is 3. The Kier molecular flexibility index (Phi) is 5.02. The number of aromatic nitrogens is 2. The minimum atomic E-state index is -0.747. The topological polar surface area (TPSA) is 76.5 Å². The predicted molar refractivity (Wildman–Crippen MR) is 107 cm³/mol. The van der Waals surface area contributed by atoms with E-state index in [1.165, 1.54) is 17.0 Å². The molecule has 1 aliphatic heterocycles. The van der Waals surface area contributed by atoms with Gasteiger partial charge >= 0.3 is 0 Å². The third-order valence-electron chi connectivity index (χ3n) is 4.98. The maximum atomic E-state index is 14.1. The van der Waals surface area contributed by atoms with Crippen LogP contribution < -0.4 is 10.2 Å². The number of carbonyl (C=O) groups excluding carboxylic acids is 2. The van der Waals surface area contributed by atoms with E-state index in [4.69, 9.17) is 4.74 Å². The van der Waals surface area contributed by atoms with Crippen molar-refractivity contribution in [2.24, 2.45) is 0 Å². The highest BCUT2D eigenvalue weighted by atomic mass is 19.1. The van der Waals surface area contributed by atoms with Crippen molar-refractivity contribution < 1.29 is 18.7 Å². The second-order valence-electron chi connectivity index (χ2n) is 7.00. The Morgan fingerprint density at radius 1 is 1.28 bits per heavy atom. The van der Waals surface area contributed by atoms with Gasteiger partial charge in [0.15, 0.2) is 0 Å². The van der Waals surface area contributed by atoms with Gasteiger partial charge in [-0.15, -0.1) is 0 Å². The molecule has 1 aliphatic rings. The summed E-state index contributed by atoms with van der Waals surface area (Å²) in [6.07, 6.45) is -0.122. The fourth-order valence-electron chi connectivity index (χ4n) is 3.59. The van der Waals surface area contributed by atoms with E-state index in [2.05, 4.69) is 10.3 Å². The lowest BCUT2D eigenvalue weighted by Gasteiger charge is -2.15. The minimum Gasteiger partial charge on any atom is -0.383 e. The van der Waals surface area contributed by atoms with E-state index in [0.717, 1.165) is 16.6 Å². The maximum absolute atomic E-state index is 14.1. The minimum absolute atomic E-state index is 0.0954. The number of imidazole rings is 1. The van der Waals surface area contributed by atoms with E-state index in [-0.39, 0.29) is 18.0 Å². The number of carbonyl (C=O) groups is 2. The molecular formula is C21H21FN4O3. The van der Waals surface area contributed by atoms with Gasteiger partial charge in [-0.3, -0.25) is 19.1 Å². The van der Waals surface area contributed by atoms with Crippen molar-refractivity contribution in [3.63, 3.8) is 0 Å². The van der Waals surface area contributed by atoms with Gasteiger partial charge in [-0.2, -0.15) is 0 Å². The molecule has 7 nitrogen and oxygen atoms in total. The molecule has 1 N–H and O–H groups in total. The molecule has 29 heavy (non-hydrogen) atoms. The monoisotopic (exact) mass is 396 g/mol. The average Bonchev–Trinajstić information content (AvgIpc) is 3.18. The lowest BCUT2D eigenvalue weighted by molar-refractivity contribution is -0.124. The molecule has 0 radical (unpaired) electrons. The average molecular weight is 396 g/mol. The summed E-state index contributed by atoms with van der Waals surface area (Å²) in [5, 5.41) is 2.57. The predicted octanol–water partition coefficient (Wildman–Crippen LogP) is 3.05. The molecule has 3 aromatic rings. The third kappa shape index (κ3) is 3.47. The summed E-state index contributed by atoms with van der Waals surface area (Å²) in [6.45, 7) is 2.46. The first-order chi connectivity index (χ1) is 14.0. The summed E-state index contributed by atoms with van der Waals surface area (Å²) in [7, 11) is 1.56. The number of fused-ring (bicyclic) bond motifs is 3. The SMILES string of the molecule is COCCN1C(=O)C(CC(=O)Nc2ccc(C)cc2F)n2c1nc1ccccc12. The molecule has 0 spiro atoms. The van der Waals surface area contributed by atoms with E-state index >= 15 is 0 Å². The number of benzene rings is 2. The van der Waals surface area contributed by atoms with Gasteiger partial charge in [-0.1, -0.05) is 18.2 Å². The Bertz CT molecular complexity index is 1090. The number of aryl methyl sites for hydroxylation is 1. The Hall–Kier alpha value is -3.26. The smallest absolute Gasteiger partial charge is 0.253 e. The standard InChI is InChI=1S/C21H21FN4O3/c1-13-7-8-15(14(22)11-13)23-19(27)12-18-20(28)25(9-10-29-2)21-24-16-5-3-4-6-17(16)26(18)21/h3-8,11,18H,9-10,12H2,1-2H3,(H,23,27). The molecule has 0 bridgehead atoms. The molecule has 1 aromatic heterocycles. The van der Waals surface area contributed by atoms with E-state index < -0.39 is 17.8 Å². The van der Waals surface area contributed by atoms with Gasteiger partial charge in [0.1, 0.15) is 11.9 Å². The van der Waals surface area contributed by atoms with Gasteiger partial charge in [-0.25, -0.2) is 9.37 Å². The first-order valence-corrected chi connectivity index (χ1v) is 9.33. The lowest BCUT2D eigenvalue weighted by atomic mass is 10.1. The van der Waals surface area contributed by atoms with Crippen LogP contribution in [0, 0.1) is 12.7 Å². The molecule has 150 valence electrons. The van der Waals surface area contributed by atoms with Crippen LogP contribution in [0.5, 0.6) is 0 Å². The van der Waals surface area contributed by atoms with Crippen LogP contribution in [0.1, 0.15) is 18.0 Å². The zero-order chi connectivity index (χ0) is 20.5. The van der Waals surface area contributed by atoms with Crippen molar-refractivity contribution in [3.05, 3.63) is 53.8 Å². The second kappa shape index (κ2) is 7.63. The van der Waals surface area contributed by atoms with Crippen LogP contribution in [0.4, 0.5) is 16.0 Å². The van der Waals surface area contributed by atoms with Gasteiger partial charge in [-0.05, 0) is 36.8 Å². The number of ether oxygens (including phenoxy) is 1. The number of hydrogen-bond acceptors (Lipinski definition) is 4. The zero-order valence-electron chi connectivity index (χ0n) is 16.2. The van der Waals surface area contributed by atoms with Crippen molar-refractivity contribution in [2.75, 3.05) is 30.5 Å². The van der Waals surface area contributed by atoms with Gasteiger partial charge in [0.25, 0.3) is 5.91 Å². The maximum Gasteiger partial charge on any atom is 0.253 e. The normalized spacial score (nSPS) is 15.8. The summed E-state index contributed by atoms with van der Waals surface area (Å²) in [5.41, 5.74) is 2.37. The Balaban J connectivity index is 1.63. The van der Waals surface area contributed by atoms with Crippen LogP contribution in [0.2, 0.25) is 0 Å². The number of methoxy groups -OCH3 is 1. The number of amides is 2. The molecule has 1 unspecified atom stereocenters. The van der Waals surface area contributed by atoms with Crippen LogP contribution in [-0.4, -0.2) is 41.6 Å². The molecule has 0 saturated carbocycles. The second-order valence-corrected chi connectivity index (χ2v) is 7.00. The molecule has 4 rings (SSSR count). The van der Waals surface area contributed by atoms with Crippen LogP contribution in [0.15, 0.2) is 42.5 Å². The molecule has 2 aromatic carbocycles. The number of para-hydroxylation sites is 2. The van der Waals surface area contributed by atoms with Crippen LogP contribution in [-0.2, 0) is 14.3 Å². The number of nitrogens with one attached hydrogen (secondary N) is 1. The number of hydrogen-bond donors (Lipinski definition) is 1. The molecule has 1 atom stereocenters. The van der Waals surface area contributed by atoms with Crippen LogP contribution in [0.3, 0.4) is 0 Å². The van der Waals surface area contributed by atoms with Gasteiger partial charge in [0, 0.05) is 7.11 Å². The van der Waals surface area contributed by atoms with E-state index in [1.54, 1.807) is 24.7 Å². The van der Waals surface area contributed by atoms with Crippen molar-refractivity contribution in [1.29, 1.82) is 0 Å². The fourth-order valence-corrected chi connectivity index (χ4v) is 3.59. The summed E-state index contributed by atoms with van der Waals surface area (Å²) >= 11 is 0. The Labute approximate surface area is 167 Å². The first-order valence-electron chi connectivity index (χ1n) is 9.33. The molecule has 2 heterocycles. The number of halogens is 1. The molecule has 2 amide bonds. The van der Waals surface area contributed by atoms with E-state index in [1.807, 2.05) is 24.3 Å². The van der Waals surface area contributed by atoms with Gasteiger partial charge in [0.05, 0.1) is 36.3 Å². The van der Waals surface area contributed by atoms with Crippen molar-refractivity contribution in [2.45, 2.75) is 19.4 Å². The number of rotatable bonds is 6. The van der Waals surface area contributed by atoms with Crippen LogP contribution in [0.25, 0.3) is 11.0 Å². The number of anilines is 2. The van der Waals surface area contributed by atoms with Gasteiger partial charge < -0.3 is 10.1 Å². The highest BCUT2D eigenvalue weighted by molar-refractivity contribution is 6.05. The Morgan fingerprint density at radius 3 is 2.83 bits per heavy atom. The lowest BCUT2D eigenvalue weighted by Crippen LogP contribution is -2.33. The van der Waals surface area contributed by atoms with E-state index in [9.17, 15) is 14.0 Å². The molecule has 8 heteroatoms. The molecule has 0 aliphatic carbocycles. The summed E-state index contributed by atoms with van der Waals surface area (Å²) in [5.74, 6) is -0.683. The van der Waals surface area contributed by atoms with Gasteiger partial charge in [0.2, 0.25) is 11.9 Å².